The van der Waals surface area contributed by atoms with Gasteiger partial charge in [0.15, 0.2) is 5.78 Å². The number of hydrogen-bond acceptors (Lipinski definition) is 5. The van der Waals surface area contributed by atoms with Gasteiger partial charge in [0, 0.05) is 23.9 Å². The van der Waals surface area contributed by atoms with Crippen molar-refractivity contribution in [2.24, 2.45) is 11.8 Å². The summed E-state index contributed by atoms with van der Waals surface area (Å²) in [4.78, 5) is 52.6. The van der Waals surface area contributed by atoms with Gasteiger partial charge < -0.3 is 26.0 Å². The number of aromatic nitrogens is 1. The van der Waals surface area contributed by atoms with E-state index < -0.39 is 53.8 Å². The normalized spacial score (nSPS) is 19.5. The van der Waals surface area contributed by atoms with Crippen LogP contribution in [0.1, 0.15) is 42.6 Å². The van der Waals surface area contributed by atoms with Crippen molar-refractivity contribution in [2.75, 3.05) is 13.2 Å². The lowest BCUT2D eigenvalue weighted by Crippen LogP contribution is -2.53. The maximum absolute atomic E-state index is 14.0. The second-order valence-corrected chi connectivity index (χ2v) is 8.94. The van der Waals surface area contributed by atoms with Gasteiger partial charge in [-0.1, -0.05) is 12.8 Å². The monoisotopic (exact) mass is 476 g/mol. The average Bonchev–Trinajstić information content (AvgIpc) is 3.36. The second-order valence-electron chi connectivity index (χ2n) is 8.94. The molecule has 0 radical (unpaired) electrons. The van der Waals surface area contributed by atoms with E-state index in [1.165, 1.54) is 6.07 Å². The van der Waals surface area contributed by atoms with Crippen LogP contribution in [0.4, 0.5) is 8.78 Å². The first kappa shape index (κ1) is 23.8. The first-order valence-corrected chi connectivity index (χ1v) is 11.3. The number of aromatic amines is 1. The molecular formula is C23H26F2N4O5. The number of rotatable bonds is 10. The van der Waals surface area contributed by atoms with Crippen LogP contribution in [0.15, 0.2) is 18.2 Å². The fourth-order valence-corrected chi connectivity index (χ4v) is 4.25. The number of benzene rings is 1. The van der Waals surface area contributed by atoms with Gasteiger partial charge in [-0.15, -0.1) is 0 Å². The van der Waals surface area contributed by atoms with Crippen LogP contribution in [0.3, 0.4) is 0 Å². The SMILES string of the molecule is O=C(NC(CC1CC1)C(=O)NC(C[C@@H]1CCNC1=O)C(=O)CO)c1cc2cc(F)cc(F)c2[nH]1. The smallest absolute Gasteiger partial charge is 0.268 e. The highest BCUT2D eigenvalue weighted by Crippen LogP contribution is 2.33. The zero-order valence-corrected chi connectivity index (χ0v) is 18.3. The molecule has 4 rings (SSSR count). The highest BCUT2D eigenvalue weighted by molar-refractivity contribution is 6.01. The highest BCUT2D eigenvalue weighted by atomic mass is 19.1. The van der Waals surface area contributed by atoms with Crippen LogP contribution in [0, 0.1) is 23.5 Å². The minimum Gasteiger partial charge on any atom is -0.389 e. The Bertz CT molecular complexity index is 1130. The number of carbonyl (C=O) groups is 4. The Morgan fingerprint density at radius 3 is 2.47 bits per heavy atom. The summed E-state index contributed by atoms with van der Waals surface area (Å²) < 4.78 is 27.5. The number of H-pyrrole nitrogens is 1. The lowest BCUT2D eigenvalue weighted by molar-refractivity contribution is -0.131. The van der Waals surface area contributed by atoms with Crippen LogP contribution >= 0.6 is 0 Å². The molecule has 2 aromatic rings. The first-order chi connectivity index (χ1) is 16.2. The molecule has 11 heteroatoms. The number of carbonyl (C=O) groups excluding carboxylic acids is 4. The van der Waals surface area contributed by atoms with E-state index in [9.17, 15) is 33.1 Å². The Morgan fingerprint density at radius 2 is 1.82 bits per heavy atom. The van der Waals surface area contributed by atoms with Gasteiger partial charge >= 0.3 is 0 Å². The maximum atomic E-state index is 14.0. The van der Waals surface area contributed by atoms with Gasteiger partial charge in [0.25, 0.3) is 5.91 Å². The Hall–Kier alpha value is -3.34. The Labute approximate surface area is 193 Å². The highest BCUT2D eigenvalue weighted by Gasteiger charge is 2.35. The summed E-state index contributed by atoms with van der Waals surface area (Å²) in [7, 11) is 0. The molecule has 34 heavy (non-hydrogen) atoms. The van der Waals surface area contributed by atoms with E-state index in [0.29, 0.717) is 25.5 Å². The molecule has 1 aromatic carbocycles. The third kappa shape index (κ3) is 5.41. The number of halogens is 2. The molecule has 2 aliphatic rings. The van der Waals surface area contributed by atoms with Crippen molar-refractivity contribution in [3.63, 3.8) is 0 Å². The van der Waals surface area contributed by atoms with Crippen LogP contribution in [0.5, 0.6) is 0 Å². The average molecular weight is 476 g/mol. The van der Waals surface area contributed by atoms with Gasteiger partial charge in [-0.3, -0.25) is 19.2 Å². The summed E-state index contributed by atoms with van der Waals surface area (Å²) in [5.74, 6) is -3.99. The van der Waals surface area contributed by atoms with Crippen LogP contribution < -0.4 is 16.0 Å². The molecule has 9 nitrogen and oxygen atoms in total. The molecule has 2 unspecified atom stereocenters. The molecule has 2 heterocycles. The maximum Gasteiger partial charge on any atom is 0.268 e. The van der Waals surface area contributed by atoms with Crippen molar-refractivity contribution in [1.82, 2.24) is 20.9 Å². The van der Waals surface area contributed by atoms with E-state index in [1.54, 1.807) is 0 Å². The largest absolute Gasteiger partial charge is 0.389 e. The summed E-state index contributed by atoms with van der Waals surface area (Å²) >= 11 is 0. The summed E-state index contributed by atoms with van der Waals surface area (Å²) in [6, 6.07) is 1.02. The van der Waals surface area contributed by atoms with Crippen LogP contribution in [-0.2, 0) is 14.4 Å². The molecule has 1 saturated carbocycles. The molecule has 1 aliphatic heterocycles. The Morgan fingerprint density at radius 1 is 1.06 bits per heavy atom. The number of ketones is 1. The summed E-state index contributed by atoms with van der Waals surface area (Å²) in [6.07, 6.45) is 2.71. The van der Waals surface area contributed by atoms with Gasteiger partial charge in [-0.2, -0.15) is 0 Å². The van der Waals surface area contributed by atoms with Crippen molar-refractivity contribution in [3.05, 3.63) is 35.5 Å². The molecule has 182 valence electrons. The first-order valence-electron chi connectivity index (χ1n) is 11.3. The van der Waals surface area contributed by atoms with E-state index in [1.807, 2.05) is 0 Å². The van der Waals surface area contributed by atoms with Crippen molar-refractivity contribution < 1.29 is 33.1 Å². The van der Waals surface area contributed by atoms with Gasteiger partial charge in [-0.25, -0.2) is 8.78 Å². The zero-order valence-electron chi connectivity index (χ0n) is 18.3. The van der Waals surface area contributed by atoms with E-state index in [4.69, 9.17) is 0 Å². The zero-order chi connectivity index (χ0) is 24.4. The molecule has 1 saturated heterocycles. The third-order valence-electron chi connectivity index (χ3n) is 6.32. The van der Waals surface area contributed by atoms with Crippen molar-refractivity contribution in [1.29, 1.82) is 0 Å². The van der Waals surface area contributed by atoms with Crippen LogP contribution in [0.2, 0.25) is 0 Å². The van der Waals surface area contributed by atoms with E-state index >= 15 is 0 Å². The number of aliphatic hydroxyl groups excluding tert-OH is 1. The molecule has 3 amide bonds. The number of fused-ring (bicyclic) bond motifs is 1. The minimum absolute atomic E-state index is 0.0295. The van der Waals surface area contributed by atoms with Gasteiger partial charge in [-0.05, 0) is 37.3 Å². The predicted molar refractivity (Wildman–Crippen MR) is 117 cm³/mol. The number of aliphatic hydroxyl groups is 1. The fourth-order valence-electron chi connectivity index (χ4n) is 4.25. The molecule has 1 aromatic heterocycles. The number of amides is 3. The van der Waals surface area contributed by atoms with Crippen molar-refractivity contribution in [3.8, 4) is 0 Å². The van der Waals surface area contributed by atoms with Gasteiger partial charge in [0.2, 0.25) is 11.8 Å². The van der Waals surface area contributed by atoms with E-state index in [0.717, 1.165) is 18.9 Å². The molecule has 1 aliphatic carbocycles. The number of Topliss-reactive ketones (excluding diaryl/α,β-unsaturated/α-hetero) is 1. The molecule has 5 N–H and O–H groups in total. The summed E-state index contributed by atoms with van der Waals surface area (Å²) in [5.41, 5.74) is -0.0723. The molecule has 0 bridgehead atoms. The molecular weight excluding hydrogens is 450 g/mol. The standard InChI is InChI=1S/C23H26F2N4O5/c24-14-6-13-8-18(27-20(13)15(25)9-14)23(34)29-17(5-11-1-2-11)22(33)28-16(19(31)10-30)7-12-3-4-26-21(12)32/h6,8-9,11-12,16-17,27,30H,1-5,7,10H2,(H,26,32)(H,28,33)(H,29,34)/t12-,16?,17?/m0/s1. The Kier molecular flexibility index (Phi) is 6.92. The number of nitrogens with one attached hydrogen (secondary N) is 4. The minimum atomic E-state index is -1.07. The Balaban J connectivity index is 1.48. The number of hydrogen-bond donors (Lipinski definition) is 5. The lowest BCUT2D eigenvalue weighted by Gasteiger charge is -2.23. The second kappa shape index (κ2) is 9.88. The molecule has 3 atom stereocenters. The van der Waals surface area contributed by atoms with Crippen molar-refractivity contribution >= 4 is 34.4 Å². The lowest BCUT2D eigenvalue weighted by atomic mass is 9.95. The predicted octanol–water partition coefficient (Wildman–Crippen LogP) is 0.917. The van der Waals surface area contributed by atoms with E-state index in [2.05, 4.69) is 20.9 Å². The summed E-state index contributed by atoms with van der Waals surface area (Å²) in [6.45, 7) is -0.317. The van der Waals surface area contributed by atoms with Crippen molar-refractivity contribution in [2.45, 2.75) is 44.2 Å². The topological polar surface area (TPSA) is 140 Å². The molecule has 2 fully saturated rings. The van der Waals surface area contributed by atoms with Crippen LogP contribution in [0.25, 0.3) is 10.9 Å². The molecule has 0 spiro atoms. The summed E-state index contributed by atoms with van der Waals surface area (Å²) in [5, 5.41) is 17.4. The fraction of sp³-hybridized carbons (Fsp3) is 0.478. The van der Waals surface area contributed by atoms with Crippen LogP contribution in [-0.4, -0.2) is 58.8 Å². The van der Waals surface area contributed by atoms with Gasteiger partial charge in [0.05, 0.1) is 11.6 Å². The quantitative estimate of drug-likeness (QED) is 0.347. The van der Waals surface area contributed by atoms with Gasteiger partial charge in [0.1, 0.15) is 30.0 Å². The third-order valence-corrected chi connectivity index (χ3v) is 6.32. The van der Waals surface area contributed by atoms with E-state index in [-0.39, 0.29) is 34.8 Å².